The second-order valence-electron chi connectivity index (χ2n) is 4.48. The normalized spacial score (nSPS) is 16.5. The van der Waals surface area contributed by atoms with E-state index in [2.05, 4.69) is 10.3 Å². The number of nitrogens with one attached hydrogen (secondary N) is 1. The number of nitrogens with zero attached hydrogens (tertiary/aromatic N) is 1. The molecule has 98 valence electrons. The maximum Gasteiger partial charge on any atom is 0.356 e. The lowest BCUT2D eigenvalue weighted by molar-refractivity contribution is 0.0469. The zero-order valence-electron chi connectivity index (χ0n) is 10.2. The molecule has 5 heteroatoms. The molecule has 1 aromatic heterocycles. The van der Waals surface area contributed by atoms with E-state index in [1.54, 1.807) is 6.07 Å². The van der Waals surface area contributed by atoms with Crippen molar-refractivity contribution >= 4 is 17.6 Å². The summed E-state index contributed by atoms with van der Waals surface area (Å²) in [6.45, 7) is 2.58. The summed E-state index contributed by atoms with van der Waals surface area (Å²) in [4.78, 5) is 15.6. The van der Waals surface area contributed by atoms with E-state index in [1.807, 2.05) is 0 Å². The lowest BCUT2D eigenvalue weighted by Crippen LogP contribution is -2.28. The van der Waals surface area contributed by atoms with Crippen molar-refractivity contribution in [2.75, 3.05) is 19.7 Å². The van der Waals surface area contributed by atoms with Crippen molar-refractivity contribution in [3.8, 4) is 0 Å². The highest BCUT2D eigenvalue weighted by molar-refractivity contribution is 6.30. The van der Waals surface area contributed by atoms with Gasteiger partial charge in [0.15, 0.2) is 0 Å². The number of piperidine rings is 1. The second kappa shape index (κ2) is 6.71. The zero-order valence-corrected chi connectivity index (χ0v) is 10.9. The maximum atomic E-state index is 11.7. The quantitative estimate of drug-likeness (QED) is 0.852. The van der Waals surface area contributed by atoms with Crippen LogP contribution in [0.3, 0.4) is 0 Å². The minimum absolute atomic E-state index is 0.271. The van der Waals surface area contributed by atoms with Gasteiger partial charge in [0, 0.05) is 11.2 Å². The van der Waals surface area contributed by atoms with Gasteiger partial charge in [0.05, 0.1) is 6.61 Å². The molecule has 4 nitrogen and oxygen atoms in total. The van der Waals surface area contributed by atoms with Crippen molar-refractivity contribution in [1.29, 1.82) is 0 Å². The maximum absolute atomic E-state index is 11.7. The molecule has 1 aliphatic rings. The lowest BCUT2D eigenvalue weighted by Gasteiger charge is -2.22. The van der Waals surface area contributed by atoms with Gasteiger partial charge in [-0.2, -0.15) is 0 Å². The fraction of sp³-hybridized carbons (Fsp3) is 0.538. The summed E-state index contributed by atoms with van der Waals surface area (Å²) in [5.74, 6) is 0.262. The number of esters is 1. The summed E-state index contributed by atoms with van der Waals surface area (Å²) in [6.07, 6.45) is 4.75. The number of carbonyl (C=O) groups excluding carboxylic acids is 1. The summed E-state index contributed by atoms with van der Waals surface area (Å²) in [7, 11) is 0. The Morgan fingerprint density at radius 3 is 3.00 bits per heavy atom. The highest BCUT2D eigenvalue weighted by atomic mass is 35.5. The molecule has 0 atom stereocenters. The summed E-state index contributed by atoms with van der Waals surface area (Å²) in [6, 6.07) is 3.15. The molecule has 1 N–H and O–H groups in total. The highest BCUT2D eigenvalue weighted by Gasteiger charge is 2.14. The molecule has 0 aliphatic carbocycles. The molecule has 0 aromatic carbocycles. The number of pyridine rings is 1. The Morgan fingerprint density at radius 2 is 2.28 bits per heavy atom. The van der Waals surface area contributed by atoms with Crippen LogP contribution in [0, 0.1) is 5.92 Å². The van der Waals surface area contributed by atoms with Gasteiger partial charge < -0.3 is 10.1 Å². The van der Waals surface area contributed by atoms with E-state index in [9.17, 15) is 4.79 Å². The second-order valence-corrected chi connectivity index (χ2v) is 4.91. The molecule has 0 spiro atoms. The molecule has 2 heterocycles. The minimum Gasteiger partial charge on any atom is -0.461 e. The van der Waals surface area contributed by atoms with Crippen molar-refractivity contribution < 1.29 is 9.53 Å². The predicted molar refractivity (Wildman–Crippen MR) is 69.7 cm³/mol. The van der Waals surface area contributed by atoms with Crippen LogP contribution >= 0.6 is 11.6 Å². The number of hydrogen-bond donors (Lipinski definition) is 1. The number of ether oxygens (including phenoxy) is 1. The van der Waals surface area contributed by atoms with E-state index in [-0.39, 0.29) is 5.69 Å². The van der Waals surface area contributed by atoms with Gasteiger partial charge in [0.1, 0.15) is 5.69 Å². The molecule has 1 aliphatic heterocycles. The summed E-state index contributed by atoms with van der Waals surface area (Å²) in [5, 5.41) is 3.81. The molecule has 18 heavy (non-hydrogen) atoms. The van der Waals surface area contributed by atoms with Crippen LogP contribution in [0.15, 0.2) is 18.3 Å². The van der Waals surface area contributed by atoms with Crippen molar-refractivity contribution in [3.63, 3.8) is 0 Å². The number of halogens is 1. The van der Waals surface area contributed by atoms with Gasteiger partial charge >= 0.3 is 5.97 Å². The van der Waals surface area contributed by atoms with E-state index in [0.717, 1.165) is 32.4 Å². The summed E-state index contributed by atoms with van der Waals surface area (Å²) < 4.78 is 5.21. The Bertz CT molecular complexity index is 406. The van der Waals surface area contributed by atoms with Gasteiger partial charge in [-0.15, -0.1) is 0 Å². The Kier molecular flexibility index (Phi) is 4.96. The molecule has 1 fully saturated rings. The average Bonchev–Trinajstić information content (AvgIpc) is 2.40. The van der Waals surface area contributed by atoms with Gasteiger partial charge in [-0.1, -0.05) is 11.6 Å². The first-order valence-electron chi connectivity index (χ1n) is 6.25. The van der Waals surface area contributed by atoms with Gasteiger partial charge in [-0.25, -0.2) is 9.78 Å². The third kappa shape index (κ3) is 3.96. The molecule has 0 radical (unpaired) electrons. The Morgan fingerprint density at radius 1 is 1.50 bits per heavy atom. The molecule has 1 saturated heterocycles. The topological polar surface area (TPSA) is 51.2 Å². The number of aromatic nitrogens is 1. The third-order valence-corrected chi connectivity index (χ3v) is 3.38. The zero-order chi connectivity index (χ0) is 12.8. The highest BCUT2D eigenvalue weighted by Crippen LogP contribution is 2.16. The van der Waals surface area contributed by atoms with E-state index in [1.165, 1.54) is 12.3 Å². The predicted octanol–water partition coefficient (Wildman–Crippen LogP) is 2.28. The van der Waals surface area contributed by atoms with Crippen LogP contribution in [0.4, 0.5) is 0 Å². The average molecular weight is 269 g/mol. The Labute approximate surface area is 112 Å². The first-order chi connectivity index (χ1) is 8.75. The van der Waals surface area contributed by atoms with Gasteiger partial charge in [-0.05, 0) is 50.4 Å². The molecule has 1 aromatic rings. The van der Waals surface area contributed by atoms with Crippen LogP contribution in [0.25, 0.3) is 0 Å². The molecule has 0 saturated carbocycles. The Hall–Kier alpha value is -1.13. The summed E-state index contributed by atoms with van der Waals surface area (Å²) >= 11 is 5.79. The third-order valence-electron chi connectivity index (χ3n) is 3.15. The lowest BCUT2D eigenvalue weighted by atomic mass is 9.95. The first-order valence-corrected chi connectivity index (χ1v) is 6.63. The van der Waals surface area contributed by atoms with Crippen molar-refractivity contribution in [1.82, 2.24) is 10.3 Å². The SMILES string of the molecule is O=C(OCCC1CCNCC1)c1cc(Cl)ccn1. The van der Waals surface area contributed by atoms with Crippen LogP contribution in [-0.4, -0.2) is 30.6 Å². The molecular formula is C13H17ClN2O2. The number of hydrogen-bond acceptors (Lipinski definition) is 4. The minimum atomic E-state index is -0.397. The fourth-order valence-corrected chi connectivity index (χ4v) is 2.24. The van der Waals surface area contributed by atoms with Gasteiger partial charge in [-0.3, -0.25) is 0 Å². The molecule has 0 amide bonds. The smallest absolute Gasteiger partial charge is 0.356 e. The van der Waals surface area contributed by atoms with Crippen LogP contribution in [-0.2, 0) is 4.74 Å². The van der Waals surface area contributed by atoms with Gasteiger partial charge in [0.25, 0.3) is 0 Å². The first kappa shape index (κ1) is 13.3. The van der Waals surface area contributed by atoms with E-state index in [0.29, 0.717) is 17.5 Å². The van der Waals surface area contributed by atoms with Crippen LogP contribution in [0.1, 0.15) is 29.8 Å². The van der Waals surface area contributed by atoms with E-state index < -0.39 is 5.97 Å². The van der Waals surface area contributed by atoms with Crippen LogP contribution in [0.5, 0.6) is 0 Å². The van der Waals surface area contributed by atoms with E-state index >= 15 is 0 Å². The molecule has 2 rings (SSSR count). The van der Waals surface area contributed by atoms with Crippen molar-refractivity contribution in [2.45, 2.75) is 19.3 Å². The van der Waals surface area contributed by atoms with Crippen LogP contribution in [0.2, 0.25) is 5.02 Å². The van der Waals surface area contributed by atoms with Crippen molar-refractivity contribution in [2.24, 2.45) is 5.92 Å². The number of rotatable bonds is 4. The standard InChI is InChI=1S/C13H17ClN2O2/c14-11-3-7-16-12(9-11)13(17)18-8-4-10-1-5-15-6-2-10/h3,7,9-10,15H,1-2,4-6,8H2. The van der Waals surface area contributed by atoms with E-state index in [4.69, 9.17) is 16.3 Å². The number of carbonyl (C=O) groups is 1. The summed E-state index contributed by atoms with van der Waals surface area (Å²) in [5.41, 5.74) is 0.271. The molecule has 0 bridgehead atoms. The monoisotopic (exact) mass is 268 g/mol. The molecular weight excluding hydrogens is 252 g/mol. The van der Waals surface area contributed by atoms with Crippen molar-refractivity contribution in [3.05, 3.63) is 29.0 Å². The Balaban J connectivity index is 1.74. The fourth-order valence-electron chi connectivity index (χ4n) is 2.08. The molecule has 0 unspecified atom stereocenters. The van der Waals surface area contributed by atoms with Crippen LogP contribution < -0.4 is 5.32 Å². The van der Waals surface area contributed by atoms with Gasteiger partial charge in [0.2, 0.25) is 0 Å². The largest absolute Gasteiger partial charge is 0.461 e.